The average Bonchev–Trinajstić information content (AvgIpc) is 2.73. The summed E-state index contributed by atoms with van der Waals surface area (Å²) in [6.45, 7) is 3.04. The lowest BCUT2D eigenvalue weighted by Crippen LogP contribution is -2.50. The van der Waals surface area contributed by atoms with Gasteiger partial charge in [0, 0.05) is 42.5 Å². The lowest BCUT2D eigenvalue weighted by molar-refractivity contribution is 0.0933. The van der Waals surface area contributed by atoms with Gasteiger partial charge in [0.15, 0.2) is 0 Å². The third-order valence-corrected chi connectivity index (χ3v) is 8.20. The molecule has 3 rings (SSSR count). The van der Waals surface area contributed by atoms with Gasteiger partial charge in [0.1, 0.15) is 0 Å². The molecule has 1 aromatic heterocycles. The Morgan fingerprint density at radius 1 is 1.23 bits per heavy atom. The topological polar surface area (TPSA) is 79.4 Å². The summed E-state index contributed by atoms with van der Waals surface area (Å²) in [6.07, 6.45) is 5.26. The van der Waals surface area contributed by atoms with Crippen LogP contribution in [0.25, 0.3) is 0 Å². The first-order chi connectivity index (χ1) is 14.3. The van der Waals surface area contributed by atoms with Crippen LogP contribution in [0, 0.1) is 0 Å². The Morgan fingerprint density at radius 3 is 2.57 bits per heavy atom. The van der Waals surface area contributed by atoms with E-state index in [1.165, 1.54) is 6.07 Å². The van der Waals surface area contributed by atoms with E-state index < -0.39 is 15.4 Å². The molecule has 0 radical (unpaired) electrons. The van der Waals surface area contributed by atoms with Crippen molar-refractivity contribution in [2.24, 2.45) is 0 Å². The number of rotatable bonds is 7. The van der Waals surface area contributed by atoms with Crippen molar-refractivity contribution in [3.05, 3.63) is 63.9 Å². The number of piperidine rings is 1. The summed E-state index contributed by atoms with van der Waals surface area (Å²) < 4.78 is 26.5. The second-order valence-electron chi connectivity index (χ2n) is 7.54. The highest BCUT2D eigenvalue weighted by Gasteiger charge is 2.39. The summed E-state index contributed by atoms with van der Waals surface area (Å²) in [4.78, 5) is 17.0. The van der Waals surface area contributed by atoms with Gasteiger partial charge in [-0.15, -0.1) is 0 Å². The molecule has 1 aliphatic rings. The highest BCUT2D eigenvalue weighted by atomic mass is 35.5. The molecule has 6 nitrogen and oxygen atoms in total. The molecule has 2 aromatic rings. The molecule has 1 fully saturated rings. The van der Waals surface area contributed by atoms with Gasteiger partial charge in [-0.05, 0) is 49.1 Å². The Kier molecular flexibility index (Phi) is 7.39. The van der Waals surface area contributed by atoms with E-state index in [4.69, 9.17) is 23.2 Å². The van der Waals surface area contributed by atoms with Crippen molar-refractivity contribution in [2.75, 3.05) is 25.4 Å². The number of carbonyl (C=O) groups excluding carboxylic acids is 1. The van der Waals surface area contributed by atoms with Crippen LogP contribution < -0.4 is 5.32 Å². The maximum Gasteiger partial charge on any atom is 0.252 e. The number of nitrogens with zero attached hydrogens (tertiary/aromatic N) is 2. The van der Waals surface area contributed by atoms with E-state index in [9.17, 15) is 13.2 Å². The van der Waals surface area contributed by atoms with Crippen molar-refractivity contribution in [1.29, 1.82) is 0 Å². The smallest absolute Gasteiger partial charge is 0.252 e. The summed E-state index contributed by atoms with van der Waals surface area (Å²) in [5.41, 5.74) is 0.937. The number of aromatic nitrogens is 1. The zero-order chi connectivity index (χ0) is 21.8. The predicted molar refractivity (Wildman–Crippen MR) is 120 cm³/mol. The van der Waals surface area contributed by atoms with Gasteiger partial charge in [0.05, 0.1) is 16.3 Å². The van der Waals surface area contributed by atoms with Gasteiger partial charge in [-0.25, -0.2) is 12.7 Å². The van der Waals surface area contributed by atoms with Crippen LogP contribution >= 0.6 is 23.2 Å². The maximum atomic E-state index is 12.7. The predicted octanol–water partition coefficient (Wildman–Crippen LogP) is 3.89. The number of pyridine rings is 1. The molecule has 30 heavy (non-hydrogen) atoms. The summed E-state index contributed by atoms with van der Waals surface area (Å²) >= 11 is 12.1. The van der Waals surface area contributed by atoms with Crippen LogP contribution in [0.1, 0.15) is 42.1 Å². The Morgan fingerprint density at radius 2 is 1.97 bits per heavy atom. The zero-order valence-electron chi connectivity index (χ0n) is 16.8. The van der Waals surface area contributed by atoms with E-state index in [2.05, 4.69) is 10.3 Å². The van der Waals surface area contributed by atoms with Crippen molar-refractivity contribution >= 4 is 39.1 Å². The molecule has 0 atom stereocenters. The normalized spacial score (nSPS) is 16.9. The Balaban J connectivity index is 1.78. The minimum absolute atomic E-state index is 0.151. The number of halogens is 2. The summed E-state index contributed by atoms with van der Waals surface area (Å²) in [5, 5.41) is 3.73. The highest BCUT2D eigenvalue weighted by Crippen LogP contribution is 2.36. The molecule has 0 saturated carbocycles. The molecule has 0 unspecified atom stereocenters. The van der Waals surface area contributed by atoms with E-state index in [0.717, 1.165) is 5.56 Å². The third kappa shape index (κ3) is 5.14. The first-order valence-electron chi connectivity index (χ1n) is 9.89. The second-order valence-corrected chi connectivity index (χ2v) is 10.5. The molecule has 9 heteroatoms. The molecular weight excluding hydrogens is 445 g/mol. The molecule has 0 spiro atoms. The van der Waals surface area contributed by atoms with Gasteiger partial charge in [-0.2, -0.15) is 0 Å². The number of sulfonamides is 1. The van der Waals surface area contributed by atoms with E-state index >= 15 is 0 Å². The first kappa shape index (κ1) is 23.0. The molecule has 162 valence electrons. The summed E-state index contributed by atoms with van der Waals surface area (Å²) in [5.74, 6) is -0.139. The molecule has 0 aliphatic carbocycles. The molecule has 0 bridgehead atoms. The van der Waals surface area contributed by atoms with Crippen LogP contribution in [0.5, 0.6) is 0 Å². The minimum atomic E-state index is -3.25. The van der Waals surface area contributed by atoms with Crippen LogP contribution in [0.2, 0.25) is 10.0 Å². The fraction of sp³-hybridized carbons (Fsp3) is 0.429. The standard InChI is InChI=1S/C21H25Cl2N3O3S/c1-2-12-30(28,29)26-10-7-21(8-11-26,16-4-3-9-24-14-16)15-25-20(27)18-6-5-17(22)13-19(18)23/h3-6,9,13-14H,2,7-8,10-12,15H2,1H3,(H,25,27). The SMILES string of the molecule is CCCS(=O)(=O)N1CCC(CNC(=O)c2ccc(Cl)cc2Cl)(c2cccnc2)CC1. The number of carbonyl (C=O) groups is 1. The van der Waals surface area contributed by atoms with Crippen LogP contribution in [-0.2, 0) is 15.4 Å². The number of hydrogen-bond donors (Lipinski definition) is 1. The van der Waals surface area contributed by atoms with Crippen molar-refractivity contribution in [1.82, 2.24) is 14.6 Å². The quantitative estimate of drug-likeness (QED) is 0.666. The third-order valence-electron chi connectivity index (χ3n) is 5.57. The summed E-state index contributed by atoms with van der Waals surface area (Å²) in [7, 11) is -3.25. The minimum Gasteiger partial charge on any atom is -0.351 e. The molecule has 2 heterocycles. The number of hydrogen-bond acceptors (Lipinski definition) is 4. The van der Waals surface area contributed by atoms with Gasteiger partial charge in [0.2, 0.25) is 10.0 Å². The number of benzene rings is 1. The highest BCUT2D eigenvalue weighted by molar-refractivity contribution is 7.89. The summed E-state index contributed by atoms with van der Waals surface area (Å²) in [6, 6.07) is 8.58. The van der Waals surface area contributed by atoms with E-state index in [1.54, 1.807) is 28.8 Å². The monoisotopic (exact) mass is 469 g/mol. The van der Waals surface area contributed by atoms with Gasteiger partial charge in [-0.1, -0.05) is 36.2 Å². The van der Waals surface area contributed by atoms with Crippen molar-refractivity contribution in [3.8, 4) is 0 Å². The maximum absolute atomic E-state index is 12.7. The van der Waals surface area contributed by atoms with Crippen LogP contribution in [0.15, 0.2) is 42.7 Å². The van der Waals surface area contributed by atoms with Crippen LogP contribution in [0.4, 0.5) is 0 Å². The van der Waals surface area contributed by atoms with Gasteiger partial charge >= 0.3 is 0 Å². The number of nitrogens with one attached hydrogen (secondary N) is 1. The lowest BCUT2D eigenvalue weighted by Gasteiger charge is -2.41. The second kappa shape index (κ2) is 9.64. The zero-order valence-corrected chi connectivity index (χ0v) is 19.1. The Hall–Kier alpha value is -1.67. The largest absolute Gasteiger partial charge is 0.351 e. The molecule has 1 aliphatic heterocycles. The van der Waals surface area contributed by atoms with Crippen LogP contribution in [-0.4, -0.2) is 49.0 Å². The lowest BCUT2D eigenvalue weighted by atomic mass is 9.73. The molecule has 1 aromatic carbocycles. The van der Waals surface area contributed by atoms with Gasteiger partial charge < -0.3 is 5.32 Å². The fourth-order valence-electron chi connectivity index (χ4n) is 3.84. The van der Waals surface area contributed by atoms with Gasteiger partial charge in [-0.3, -0.25) is 9.78 Å². The molecule has 1 saturated heterocycles. The van der Waals surface area contributed by atoms with E-state index in [1.807, 2.05) is 19.1 Å². The van der Waals surface area contributed by atoms with Crippen molar-refractivity contribution in [2.45, 2.75) is 31.6 Å². The van der Waals surface area contributed by atoms with Crippen molar-refractivity contribution < 1.29 is 13.2 Å². The van der Waals surface area contributed by atoms with Gasteiger partial charge in [0.25, 0.3) is 5.91 Å². The van der Waals surface area contributed by atoms with Crippen LogP contribution in [0.3, 0.4) is 0 Å². The number of amides is 1. The molecule has 1 N–H and O–H groups in total. The molecule has 1 amide bonds. The fourth-order valence-corrected chi connectivity index (χ4v) is 5.85. The first-order valence-corrected chi connectivity index (χ1v) is 12.3. The average molecular weight is 470 g/mol. The molecular formula is C21H25Cl2N3O3S. The van der Waals surface area contributed by atoms with E-state index in [-0.39, 0.29) is 16.7 Å². The van der Waals surface area contributed by atoms with Crippen molar-refractivity contribution in [3.63, 3.8) is 0 Å². The Bertz CT molecular complexity index is 992. The van der Waals surface area contributed by atoms with E-state index in [0.29, 0.717) is 49.5 Å². The Labute approximate surface area is 187 Å².